The van der Waals surface area contributed by atoms with Gasteiger partial charge in [0, 0.05) is 25.2 Å². The third-order valence-electron chi connectivity index (χ3n) is 7.55. The summed E-state index contributed by atoms with van der Waals surface area (Å²) in [7, 11) is 1.22. The van der Waals surface area contributed by atoms with Gasteiger partial charge >= 0.3 is 13.1 Å². The lowest BCUT2D eigenvalue weighted by molar-refractivity contribution is -0.158. The van der Waals surface area contributed by atoms with E-state index in [2.05, 4.69) is 11.0 Å². The number of carbonyl (C=O) groups is 2. The molecule has 1 amide bonds. The van der Waals surface area contributed by atoms with E-state index < -0.39 is 23.9 Å². The molecule has 4 rings (SSSR count). The molecule has 3 aliphatic rings. The highest BCUT2D eigenvalue weighted by molar-refractivity contribution is 6.62. The van der Waals surface area contributed by atoms with Gasteiger partial charge in [0.25, 0.3) is 0 Å². The van der Waals surface area contributed by atoms with Crippen LogP contribution >= 0.6 is 0 Å². The summed E-state index contributed by atoms with van der Waals surface area (Å²) in [5.74, 6) is 0.410. The Balaban J connectivity index is 1.47. The predicted octanol–water partition coefficient (Wildman–Crippen LogP) is 2.30. The molecule has 0 spiro atoms. The molecule has 0 radical (unpaired) electrons. The van der Waals surface area contributed by atoms with Crippen LogP contribution < -0.4 is 10.2 Å². The van der Waals surface area contributed by atoms with Crippen molar-refractivity contribution in [1.29, 1.82) is 0 Å². The summed E-state index contributed by atoms with van der Waals surface area (Å²) in [6.07, 6.45) is 1.50. The van der Waals surface area contributed by atoms with Gasteiger partial charge in [-0.25, -0.2) is 0 Å². The highest BCUT2D eigenvalue weighted by Crippen LogP contribution is 2.38. The molecular formula is C26H39BN2O6. The summed E-state index contributed by atoms with van der Waals surface area (Å²) in [6, 6.07) is 3.91. The maximum absolute atomic E-state index is 13.1. The van der Waals surface area contributed by atoms with Crippen LogP contribution in [0.2, 0.25) is 0 Å². The molecule has 8 nitrogen and oxygen atoms in total. The number of amides is 1. The summed E-state index contributed by atoms with van der Waals surface area (Å²) in [6.45, 7) is 15.6. The van der Waals surface area contributed by atoms with Crippen molar-refractivity contribution in [2.75, 3.05) is 26.7 Å². The van der Waals surface area contributed by atoms with E-state index >= 15 is 0 Å². The SMILES string of the molecule is COc1cc(B2OC(C)(C)C(C)(C)O2)cc2c1CN(C1CCN(CC(=O)OC(C)(C)C)C1=O)CC2. The summed E-state index contributed by atoms with van der Waals surface area (Å²) in [5, 5.41) is 0. The number of fused-ring (bicyclic) bond motifs is 1. The van der Waals surface area contributed by atoms with Crippen LogP contribution in [0.3, 0.4) is 0 Å². The first-order chi connectivity index (χ1) is 16.2. The minimum absolute atomic E-state index is 0.00219. The molecule has 3 aliphatic heterocycles. The predicted molar refractivity (Wildman–Crippen MR) is 134 cm³/mol. The lowest BCUT2D eigenvalue weighted by Crippen LogP contribution is -2.46. The van der Waals surface area contributed by atoms with Gasteiger partial charge < -0.3 is 23.7 Å². The van der Waals surface area contributed by atoms with Gasteiger partial charge in [-0.1, -0.05) is 6.07 Å². The van der Waals surface area contributed by atoms with E-state index in [-0.39, 0.29) is 24.5 Å². The van der Waals surface area contributed by atoms with E-state index in [0.29, 0.717) is 19.5 Å². The summed E-state index contributed by atoms with van der Waals surface area (Å²) < 4.78 is 23.7. The highest BCUT2D eigenvalue weighted by Gasteiger charge is 2.52. The number of hydrogen-bond acceptors (Lipinski definition) is 7. The number of benzene rings is 1. The van der Waals surface area contributed by atoms with Crippen LogP contribution in [0.5, 0.6) is 5.75 Å². The first-order valence-electron chi connectivity index (χ1n) is 12.5. The molecule has 0 aromatic heterocycles. The minimum atomic E-state index is -0.564. The molecule has 1 atom stereocenters. The van der Waals surface area contributed by atoms with Crippen LogP contribution in [0.25, 0.3) is 0 Å². The molecule has 0 saturated carbocycles. The topological polar surface area (TPSA) is 77.5 Å². The fourth-order valence-corrected chi connectivity index (χ4v) is 4.99. The molecule has 192 valence electrons. The molecule has 0 N–H and O–H groups in total. The summed E-state index contributed by atoms with van der Waals surface area (Å²) >= 11 is 0. The van der Waals surface area contributed by atoms with Gasteiger partial charge in [-0.2, -0.15) is 0 Å². The van der Waals surface area contributed by atoms with E-state index in [1.54, 1.807) is 12.0 Å². The first kappa shape index (κ1) is 26.0. The van der Waals surface area contributed by atoms with Crippen molar-refractivity contribution in [1.82, 2.24) is 9.80 Å². The van der Waals surface area contributed by atoms with Crippen molar-refractivity contribution in [3.63, 3.8) is 0 Å². The van der Waals surface area contributed by atoms with Gasteiger partial charge in [-0.05, 0) is 78.4 Å². The third kappa shape index (κ3) is 5.22. The summed E-state index contributed by atoms with van der Waals surface area (Å²) in [5.41, 5.74) is 1.86. The Bertz CT molecular complexity index is 969. The Morgan fingerprint density at radius 1 is 1.14 bits per heavy atom. The zero-order valence-corrected chi connectivity index (χ0v) is 22.4. The fraction of sp³-hybridized carbons (Fsp3) is 0.692. The second-order valence-corrected chi connectivity index (χ2v) is 11.8. The smallest absolute Gasteiger partial charge is 0.494 e. The Morgan fingerprint density at radius 3 is 2.40 bits per heavy atom. The maximum Gasteiger partial charge on any atom is 0.494 e. The summed E-state index contributed by atoms with van der Waals surface area (Å²) in [4.78, 5) is 29.2. The quantitative estimate of drug-likeness (QED) is 0.467. The van der Waals surface area contributed by atoms with E-state index in [1.807, 2.05) is 54.5 Å². The van der Waals surface area contributed by atoms with E-state index in [9.17, 15) is 9.59 Å². The van der Waals surface area contributed by atoms with Crippen LogP contribution in [0.1, 0.15) is 66.0 Å². The van der Waals surface area contributed by atoms with Crippen LogP contribution in [-0.2, 0) is 36.6 Å². The van der Waals surface area contributed by atoms with Gasteiger partial charge in [0.15, 0.2) is 0 Å². The number of nitrogens with zero attached hydrogens (tertiary/aromatic N) is 2. The average Bonchev–Trinajstić information content (AvgIpc) is 3.20. The Morgan fingerprint density at radius 2 is 1.80 bits per heavy atom. The van der Waals surface area contributed by atoms with E-state index in [1.165, 1.54) is 5.56 Å². The number of methoxy groups -OCH3 is 1. The molecule has 1 unspecified atom stereocenters. The second kappa shape index (κ2) is 9.09. The molecule has 2 fully saturated rings. The zero-order valence-electron chi connectivity index (χ0n) is 22.4. The van der Waals surface area contributed by atoms with Gasteiger partial charge in [0.2, 0.25) is 5.91 Å². The number of ether oxygens (including phenoxy) is 2. The van der Waals surface area contributed by atoms with Crippen molar-refractivity contribution < 1.29 is 28.4 Å². The number of rotatable bonds is 5. The van der Waals surface area contributed by atoms with E-state index in [0.717, 1.165) is 29.7 Å². The molecular weight excluding hydrogens is 447 g/mol. The Hall–Kier alpha value is -2.10. The molecule has 35 heavy (non-hydrogen) atoms. The van der Waals surface area contributed by atoms with Gasteiger partial charge in [-0.3, -0.25) is 14.5 Å². The maximum atomic E-state index is 13.1. The molecule has 0 aliphatic carbocycles. The number of carbonyl (C=O) groups excluding carboxylic acids is 2. The van der Waals surface area contributed by atoms with Crippen LogP contribution in [-0.4, -0.2) is 78.4 Å². The van der Waals surface area contributed by atoms with Crippen LogP contribution in [0.15, 0.2) is 12.1 Å². The molecule has 9 heteroatoms. The lowest BCUT2D eigenvalue weighted by Gasteiger charge is -2.34. The normalized spacial score (nSPS) is 24.0. The number of hydrogen-bond donors (Lipinski definition) is 0. The third-order valence-corrected chi connectivity index (χ3v) is 7.55. The van der Waals surface area contributed by atoms with E-state index in [4.69, 9.17) is 18.8 Å². The van der Waals surface area contributed by atoms with Crippen molar-refractivity contribution in [2.45, 2.75) is 90.7 Å². The molecule has 3 heterocycles. The van der Waals surface area contributed by atoms with Crippen molar-refractivity contribution >= 4 is 24.5 Å². The minimum Gasteiger partial charge on any atom is -0.496 e. The average molecular weight is 486 g/mol. The first-order valence-corrected chi connectivity index (χ1v) is 12.5. The highest BCUT2D eigenvalue weighted by atomic mass is 16.7. The van der Waals surface area contributed by atoms with Gasteiger partial charge in [0.05, 0.1) is 24.4 Å². The van der Waals surface area contributed by atoms with Crippen LogP contribution in [0.4, 0.5) is 0 Å². The fourth-order valence-electron chi connectivity index (χ4n) is 4.99. The molecule has 1 aromatic rings. The van der Waals surface area contributed by atoms with Crippen molar-refractivity contribution in [3.05, 3.63) is 23.3 Å². The second-order valence-electron chi connectivity index (χ2n) is 11.8. The van der Waals surface area contributed by atoms with Gasteiger partial charge in [0.1, 0.15) is 17.9 Å². The van der Waals surface area contributed by atoms with Gasteiger partial charge in [-0.15, -0.1) is 0 Å². The molecule has 0 bridgehead atoms. The molecule has 1 aromatic carbocycles. The number of likely N-dealkylation sites (tertiary alicyclic amines) is 1. The number of esters is 1. The monoisotopic (exact) mass is 486 g/mol. The zero-order chi connectivity index (χ0) is 25.8. The van der Waals surface area contributed by atoms with Crippen molar-refractivity contribution in [3.8, 4) is 5.75 Å². The Labute approximate surface area is 209 Å². The largest absolute Gasteiger partial charge is 0.496 e. The molecule has 2 saturated heterocycles. The van der Waals surface area contributed by atoms with Crippen molar-refractivity contribution in [2.24, 2.45) is 0 Å². The standard InChI is InChI=1S/C26H39BN2O6/c1-24(2,3)33-22(30)16-29-12-10-20(23(29)31)28-11-9-17-13-18(14-21(32-8)19(17)15-28)27-34-25(4,5)26(6,7)35-27/h13-14,20H,9-12,15-16H2,1-8H3. The lowest BCUT2D eigenvalue weighted by atomic mass is 9.76. The van der Waals surface area contributed by atoms with Crippen LogP contribution in [0, 0.1) is 0 Å². The Kier molecular flexibility index (Phi) is 6.75.